The lowest BCUT2D eigenvalue weighted by atomic mass is 10.1. The molecule has 0 unspecified atom stereocenters. The second-order valence-corrected chi connectivity index (χ2v) is 9.83. The molecule has 1 saturated heterocycles. The third-order valence-electron chi connectivity index (χ3n) is 7.19. The number of benzene rings is 2. The van der Waals surface area contributed by atoms with Crippen LogP contribution in [0.3, 0.4) is 0 Å². The van der Waals surface area contributed by atoms with Crippen LogP contribution in [-0.4, -0.2) is 80.3 Å². The molecule has 4 rings (SSSR count). The monoisotopic (exact) mass is 524 g/mol. The number of amides is 2. The van der Waals surface area contributed by atoms with Crippen molar-refractivity contribution in [2.24, 2.45) is 0 Å². The van der Waals surface area contributed by atoms with E-state index in [0.29, 0.717) is 49.1 Å². The summed E-state index contributed by atoms with van der Waals surface area (Å²) >= 11 is 0. The largest absolute Gasteiger partial charge is 0.497 e. The fourth-order valence-corrected chi connectivity index (χ4v) is 4.98. The molecule has 2 atom stereocenters. The third-order valence-corrected chi connectivity index (χ3v) is 7.19. The summed E-state index contributed by atoms with van der Waals surface area (Å²) in [4.78, 5) is 30.1. The fraction of sp³-hybridized carbons (Fsp3) is 0.533. The van der Waals surface area contributed by atoms with Crippen LogP contribution >= 0.6 is 0 Å². The van der Waals surface area contributed by atoms with Gasteiger partial charge in [-0.2, -0.15) is 0 Å². The molecule has 0 bridgehead atoms. The number of fused-ring (bicyclic) bond motifs is 2. The van der Waals surface area contributed by atoms with Gasteiger partial charge in [0.2, 0.25) is 0 Å². The number of methoxy groups -OCH3 is 1. The zero-order valence-electron chi connectivity index (χ0n) is 22.6. The van der Waals surface area contributed by atoms with Crippen LogP contribution in [-0.2, 0) is 9.53 Å². The van der Waals surface area contributed by atoms with Gasteiger partial charge in [-0.3, -0.25) is 9.59 Å². The second-order valence-electron chi connectivity index (χ2n) is 9.83. The first kappa shape index (κ1) is 27.8. The standard InChI is InChI=1S/C30H40N2O6/c1-3-31-17-10-6-4-5-7-11-18-36-27-20-32(29(33)22-37-24-14-12-13-23(19-24)35-2)21-28(27)38-26-16-9-8-15-25(26)30(31)34/h8-9,12-16,19,27-28H,3-7,10-11,17-18,20-22H2,1-2H3/t27-,28-/m1/s1. The Morgan fingerprint density at radius 3 is 2.50 bits per heavy atom. The van der Waals surface area contributed by atoms with Crippen molar-refractivity contribution in [3.05, 3.63) is 54.1 Å². The lowest BCUT2D eigenvalue weighted by Crippen LogP contribution is -2.35. The Bertz CT molecular complexity index is 1060. The van der Waals surface area contributed by atoms with Gasteiger partial charge in [0.15, 0.2) is 6.61 Å². The van der Waals surface area contributed by atoms with Crippen LogP contribution in [0.1, 0.15) is 55.8 Å². The normalized spacial score (nSPS) is 21.3. The van der Waals surface area contributed by atoms with Gasteiger partial charge in [-0.05, 0) is 44.0 Å². The number of hydrogen-bond donors (Lipinski definition) is 0. The maximum absolute atomic E-state index is 13.4. The molecule has 206 valence electrons. The molecular weight excluding hydrogens is 484 g/mol. The summed E-state index contributed by atoms with van der Waals surface area (Å²) in [6.45, 7) is 4.72. The van der Waals surface area contributed by atoms with Crippen molar-refractivity contribution >= 4 is 11.8 Å². The molecular formula is C30H40N2O6. The zero-order chi connectivity index (χ0) is 26.7. The molecule has 1 fully saturated rings. The van der Waals surface area contributed by atoms with E-state index in [-0.39, 0.29) is 30.6 Å². The van der Waals surface area contributed by atoms with E-state index in [1.165, 1.54) is 0 Å². The maximum atomic E-state index is 13.4. The van der Waals surface area contributed by atoms with E-state index in [2.05, 4.69) is 0 Å². The summed E-state index contributed by atoms with van der Waals surface area (Å²) in [6.07, 6.45) is 5.85. The minimum absolute atomic E-state index is 0.0229. The molecule has 2 aromatic carbocycles. The summed E-state index contributed by atoms with van der Waals surface area (Å²) < 4.78 is 23.7. The summed E-state index contributed by atoms with van der Waals surface area (Å²) in [5, 5.41) is 0. The van der Waals surface area contributed by atoms with Crippen LogP contribution < -0.4 is 14.2 Å². The average Bonchev–Trinajstić information content (AvgIpc) is 3.35. The molecule has 0 spiro atoms. The highest BCUT2D eigenvalue weighted by atomic mass is 16.5. The van der Waals surface area contributed by atoms with Gasteiger partial charge in [0.05, 0.1) is 25.8 Å². The highest BCUT2D eigenvalue weighted by molar-refractivity contribution is 5.97. The van der Waals surface area contributed by atoms with E-state index < -0.39 is 0 Å². The number of ether oxygens (including phenoxy) is 4. The van der Waals surface area contributed by atoms with Gasteiger partial charge >= 0.3 is 0 Å². The van der Waals surface area contributed by atoms with Crippen LogP contribution in [0.25, 0.3) is 0 Å². The Kier molecular flexibility index (Phi) is 10.3. The van der Waals surface area contributed by atoms with Gasteiger partial charge in [-0.25, -0.2) is 0 Å². The first-order valence-electron chi connectivity index (χ1n) is 13.8. The van der Waals surface area contributed by atoms with Gasteiger partial charge in [0, 0.05) is 25.8 Å². The van der Waals surface area contributed by atoms with Gasteiger partial charge in [0.25, 0.3) is 11.8 Å². The Hall–Kier alpha value is -3.26. The van der Waals surface area contributed by atoms with E-state index in [0.717, 1.165) is 45.1 Å². The quantitative estimate of drug-likeness (QED) is 0.571. The smallest absolute Gasteiger partial charge is 0.260 e. The second kappa shape index (κ2) is 14.0. The molecule has 2 aliphatic heterocycles. The summed E-state index contributed by atoms with van der Waals surface area (Å²) in [6, 6.07) is 14.6. The van der Waals surface area contributed by atoms with Gasteiger partial charge in [0.1, 0.15) is 29.5 Å². The Balaban J connectivity index is 1.48. The molecule has 8 heteroatoms. The zero-order valence-corrected chi connectivity index (χ0v) is 22.6. The van der Waals surface area contributed by atoms with Crippen molar-refractivity contribution in [3.8, 4) is 17.2 Å². The van der Waals surface area contributed by atoms with Crippen molar-refractivity contribution < 1.29 is 28.5 Å². The molecule has 2 aliphatic rings. The molecule has 0 N–H and O–H groups in total. The molecule has 2 amide bonds. The van der Waals surface area contributed by atoms with Crippen LogP contribution in [0.15, 0.2) is 48.5 Å². The molecule has 2 aromatic rings. The molecule has 0 saturated carbocycles. The molecule has 8 nitrogen and oxygen atoms in total. The number of para-hydroxylation sites is 1. The van der Waals surface area contributed by atoms with E-state index in [4.69, 9.17) is 18.9 Å². The summed E-state index contributed by atoms with van der Waals surface area (Å²) in [5.74, 6) is 1.61. The van der Waals surface area contributed by atoms with Crippen molar-refractivity contribution in [2.45, 2.75) is 57.7 Å². The topological polar surface area (TPSA) is 77.5 Å². The lowest BCUT2D eigenvalue weighted by Gasteiger charge is -2.25. The van der Waals surface area contributed by atoms with Crippen molar-refractivity contribution in [1.82, 2.24) is 9.80 Å². The number of rotatable bonds is 5. The minimum Gasteiger partial charge on any atom is -0.497 e. The highest BCUT2D eigenvalue weighted by Gasteiger charge is 2.38. The Morgan fingerprint density at radius 1 is 0.947 bits per heavy atom. The molecule has 0 radical (unpaired) electrons. The van der Waals surface area contributed by atoms with E-state index >= 15 is 0 Å². The SMILES string of the molecule is CCN1CCCCCCCCO[C@@H]2CN(C(=O)COc3cccc(OC)c3)C[C@H]2Oc2ccccc2C1=O. The van der Waals surface area contributed by atoms with Gasteiger partial charge < -0.3 is 28.7 Å². The first-order chi connectivity index (χ1) is 18.6. The number of nitrogens with zero attached hydrogens (tertiary/aromatic N) is 2. The lowest BCUT2D eigenvalue weighted by molar-refractivity contribution is -0.132. The first-order valence-corrected chi connectivity index (χ1v) is 13.8. The van der Waals surface area contributed by atoms with Crippen molar-refractivity contribution in [1.29, 1.82) is 0 Å². The number of carbonyl (C=O) groups is 2. The Morgan fingerprint density at radius 2 is 1.68 bits per heavy atom. The number of hydrogen-bond acceptors (Lipinski definition) is 6. The van der Waals surface area contributed by atoms with E-state index in [1.807, 2.05) is 48.2 Å². The fourth-order valence-electron chi connectivity index (χ4n) is 4.98. The van der Waals surface area contributed by atoms with Crippen LogP contribution in [0, 0.1) is 0 Å². The van der Waals surface area contributed by atoms with E-state index in [9.17, 15) is 9.59 Å². The molecule has 2 heterocycles. The third kappa shape index (κ3) is 7.40. The van der Waals surface area contributed by atoms with E-state index in [1.54, 1.807) is 24.1 Å². The summed E-state index contributed by atoms with van der Waals surface area (Å²) in [7, 11) is 1.59. The molecule has 0 aromatic heterocycles. The van der Waals surface area contributed by atoms with Crippen LogP contribution in [0.4, 0.5) is 0 Å². The predicted octanol–water partition coefficient (Wildman–Crippen LogP) is 4.57. The Labute approximate surface area is 225 Å². The van der Waals surface area contributed by atoms with Crippen LogP contribution in [0.5, 0.6) is 17.2 Å². The number of carbonyl (C=O) groups excluding carboxylic acids is 2. The van der Waals surface area contributed by atoms with Crippen molar-refractivity contribution in [3.63, 3.8) is 0 Å². The predicted molar refractivity (Wildman–Crippen MR) is 145 cm³/mol. The summed E-state index contributed by atoms with van der Waals surface area (Å²) in [5.41, 5.74) is 0.548. The molecule has 38 heavy (non-hydrogen) atoms. The minimum atomic E-state index is -0.382. The number of likely N-dealkylation sites (tertiary alicyclic amines) is 1. The van der Waals surface area contributed by atoms with Crippen LogP contribution in [0.2, 0.25) is 0 Å². The maximum Gasteiger partial charge on any atom is 0.260 e. The average molecular weight is 525 g/mol. The van der Waals surface area contributed by atoms with Gasteiger partial charge in [-0.1, -0.05) is 43.9 Å². The van der Waals surface area contributed by atoms with Crippen molar-refractivity contribution in [2.75, 3.05) is 46.5 Å². The highest BCUT2D eigenvalue weighted by Crippen LogP contribution is 2.27. The van der Waals surface area contributed by atoms with Gasteiger partial charge in [-0.15, -0.1) is 0 Å². The molecule has 0 aliphatic carbocycles.